The number of carboxylic acid groups (broad SMARTS) is 1. The van der Waals surface area contributed by atoms with E-state index in [0.717, 1.165) is 0 Å². The number of carbonyl (C=O) groups is 1. The van der Waals surface area contributed by atoms with Crippen molar-refractivity contribution in [2.45, 2.75) is 12.8 Å². The number of aliphatic carboxylic acids is 1. The number of aromatic nitrogens is 1. The SMILES string of the molecule is O=C(O)Cc1nc(C(F)F)ccc1I. The van der Waals surface area contributed by atoms with Gasteiger partial charge in [0.1, 0.15) is 5.69 Å². The Labute approximate surface area is 92.3 Å². The molecular formula is C8H6F2INO2. The largest absolute Gasteiger partial charge is 0.481 e. The Hall–Kier alpha value is -0.790. The normalized spacial score (nSPS) is 10.6. The van der Waals surface area contributed by atoms with Crippen LogP contribution in [-0.4, -0.2) is 16.1 Å². The molecule has 1 aromatic heterocycles. The first kappa shape index (κ1) is 11.3. The minimum Gasteiger partial charge on any atom is -0.481 e. The van der Waals surface area contributed by atoms with Gasteiger partial charge in [0.15, 0.2) is 0 Å². The lowest BCUT2D eigenvalue weighted by atomic mass is 10.2. The van der Waals surface area contributed by atoms with Gasteiger partial charge in [-0.15, -0.1) is 0 Å². The number of rotatable bonds is 3. The van der Waals surface area contributed by atoms with Crippen LogP contribution in [0, 0.1) is 3.57 Å². The van der Waals surface area contributed by atoms with Gasteiger partial charge >= 0.3 is 5.97 Å². The summed E-state index contributed by atoms with van der Waals surface area (Å²) in [6.45, 7) is 0. The summed E-state index contributed by atoms with van der Waals surface area (Å²) in [7, 11) is 0. The molecule has 0 aliphatic rings. The van der Waals surface area contributed by atoms with E-state index in [9.17, 15) is 13.6 Å². The third-order valence-corrected chi connectivity index (χ3v) is 2.46. The molecule has 0 fully saturated rings. The lowest BCUT2D eigenvalue weighted by molar-refractivity contribution is -0.136. The molecule has 0 saturated carbocycles. The van der Waals surface area contributed by atoms with Crippen LogP contribution in [0.25, 0.3) is 0 Å². The molecule has 6 heteroatoms. The first-order chi connectivity index (χ1) is 6.50. The number of pyridine rings is 1. The van der Waals surface area contributed by atoms with E-state index in [1.807, 2.05) is 22.6 Å². The molecule has 0 amide bonds. The number of alkyl halides is 2. The summed E-state index contributed by atoms with van der Waals surface area (Å²) >= 11 is 1.86. The van der Waals surface area contributed by atoms with Gasteiger partial charge in [-0.1, -0.05) is 0 Å². The highest BCUT2D eigenvalue weighted by molar-refractivity contribution is 14.1. The molecular weight excluding hydrogens is 307 g/mol. The maximum Gasteiger partial charge on any atom is 0.309 e. The van der Waals surface area contributed by atoms with Crippen molar-refractivity contribution in [1.29, 1.82) is 0 Å². The van der Waals surface area contributed by atoms with E-state index < -0.39 is 12.4 Å². The highest BCUT2D eigenvalue weighted by atomic mass is 127. The molecule has 0 radical (unpaired) electrons. The molecule has 0 bridgehead atoms. The molecule has 1 N–H and O–H groups in total. The third-order valence-electron chi connectivity index (χ3n) is 1.48. The monoisotopic (exact) mass is 313 g/mol. The van der Waals surface area contributed by atoms with Crippen LogP contribution in [0.4, 0.5) is 8.78 Å². The summed E-state index contributed by atoms with van der Waals surface area (Å²) in [6.07, 6.45) is -3.00. The van der Waals surface area contributed by atoms with Crippen LogP contribution in [0.2, 0.25) is 0 Å². The lowest BCUT2D eigenvalue weighted by Crippen LogP contribution is -2.06. The Balaban J connectivity index is 3.02. The summed E-state index contributed by atoms with van der Waals surface area (Å²) in [4.78, 5) is 13.9. The molecule has 3 nitrogen and oxygen atoms in total. The topological polar surface area (TPSA) is 50.2 Å². The molecule has 0 aromatic carbocycles. The second-order valence-corrected chi connectivity index (χ2v) is 3.70. The zero-order valence-electron chi connectivity index (χ0n) is 6.88. The van der Waals surface area contributed by atoms with Crippen molar-refractivity contribution in [2.24, 2.45) is 0 Å². The summed E-state index contributed by atoms with van der Waals surface area (Å²) in [5.74, 6) is -1.08. The molecule has 0 unspecified atom stereocenters. The standard InChI is InChI=1S/C8H6F2INO2/c9-8(10)5-2-1-4(11)6(12-5)3-7(13)14/h1-2,8H,3H2,(H,13,14). The predicted octanol–water partition coefficient (Wildman–Crippen LogP) is 2.25. The van der Waals surface area contributed by atoms with Crippen molar-refractivity contribution < 1.29 is 18.7 Å². The Morgan fingerprint density at radius 1 is 1.57 bits per heavy atom. The smallest absolute Gasteiger partial charge is 0.309 e. The second-order valence-electron chi connectivity index (χ2n) is 2.54. The van der Waals surface area contributed by atoms with Crippen molar-refractivity contribution >= 4 is 28.6 Å². The van der Waals surface area contributed by atoms with Gasteiger partial charge < -0.3 is 5.11 Å². The van der Waals surface area contributed by atoms with Crippen molar-refractivity contribution in [2.75, 3.05) is 0 Å². The minimum atomic E-state index is -2.67. The van der Waals surface area contributed by atoms with E-state index in [1.165, 1.54) is 12.1 Å². The zero-order valence-corrected chi connectivity index (χ0v) is 9.03. The van der Waals surface area contributed by atoms with Gasteiger partial charge in [0.2, 0.25) is 0 Å². The van der Waals surface area contributed by atoms with E-state index in [-0.39, 0.29) is 17.8 Å². The van der Waals surface area contributed by atoms with Gasteiger partial charge in [-0.2, -0.15) is 0 Å². The van der Waals surface area contributed by atoms with Crippen LogP contribution in [0.1, 0.15) is 17.8 Å². The van der Waals surface area contributed by atoms with Crippen LogP contribution in [-0.2, 0) is 11.2 Å². The number of hydrogen-bond acceptors (Lipinski definition) is 2. The summed E-state index contributed by atoms with van der Waals surface area (Å²) in [6, 6.07) is 2.63. The minimum absolute atomic E-state index is 0.177. The number of nitrogens with zero attached hydrogens (tertiary/aromatic N) is 1. The number of carboxylic acids is 1. The average molecular weight is 313 g/mol. The highest BCUT2D eigenvalue weighted by Gasteiger charge is 2.13. The van der Waals surface area contributed by atoms with Gasteiger partial charge in [-0.3, -0.25) is 9.78 Å². The van der Waals surface area contributed by atoms with Gasteiger partial charge in [0, 0.05) is 3.57 Å². The zero-order chi connectivity index (χ0) is 10.7. The molecule has 0 saturated heterocycles. The van der Waals surface area contributed by atoms with Crippen LogP contribution in [0.15, 0.2) is 12.1 Å². The molecule has 0 aliphatic carbocycles. The van der Waals surface area contributed by atoms with Gasteiger partial charge in [-0.25, -0.2) is 8.78 Å². The average Bonchev–Trinajstić information content (AvgIpc) is 2.07. The van der Waals surface area contributed by atoms with Crippen molar-refractivity contribution in [1.82, 2.24) is 4.98 Å². The lowest BCUT2D eigenvalue weighted by Gasteiger charge is -2.03. The molecule has 14 heavy (non-hydrogen) atoms. The molecule has 1 aromatic rings. The van der Waals surface area contributed by atoms with E-state index in [1.54, 1.807) is 0 Å². The quantitative estimate of drug-likeness (QED) is 0.871. The van der Waals surface area contributed by atoms with Crippen molar-refractivity contribution in [3.8, 4) is 0 Å². The Morgan fingerprint density at radius 2 is 2.21 bits per heavy atom. The Bertz CT molecular complexity index is 357. The number of halogens is 3. The van der Waals surface area contributed by atoms with E-state index in [0.29, 0.717) is 3.57 Å². The molecule has 1 heterocycles. The van der Waals surface area contributed by atoms with Crippen molar-refractivity contribution in [3.05, 3.63) is 27.1 Å². The highest BCUT2D eigenvalue weighted by Crippen LogP contribution is 2.19. The van der Waals surface area contributed by atoms with Gasteiger partial charge in [0.25, 0.3) is 6.43 Å². The summed E-state index contributed by atoms with van der Waals surface area (Å²) in [5, 5.41) is 8.49. The third kappa shape index (κ3) is 2.86. The maximum atomic E-state index is 12.2. The maximum absolute atomic E-state index is 12.2. The first-order valence-electron chi connectivity index (χ1n) is 3.66. The van der Waals surface area contributed by atoms with Crippen LogP contribution >= 0.6 is 22.6 Å². The predicted molar refractivity (Wildman–Crippen MR) is 53.3 cm³/mol. The Morgan fingerprint density at radius 3 is 2.71 bits per heavy atom. The molecule has 0 aliphatic heterocycles. The van der Waals surface area contributed by atoms with Gasteiger partial charge in [0.05, 0.1) is 12.1 Å². The fourth-order valence-corrected chi connectivity index (χ4v) is 1.38. The summed E-state index contributed by atoms with van der Waals surface area (Å²) < 4.78 is 25.0. The molecule has 0 atom stereocenters. The van der Waals surface area contributed by atoms with Crippen LogP contribution in [0.3, 0.4) is 0 Å². The van der Waals surface area contributed by atoms with Crippen LogP contribution in [0.5, 0.6) is 0 Å². The van der Waals surface area contributed by atoms with E-state index >= 15 is 0 Å². The van der Waals surface area contributed by atoms with Gasteiger partial charge in [-0.05, 0) is 34.7 Å². The molecule has 1 rings (SSSR count). The number of hydrogen-bond donors (Lipinski definition) is 1. The molecule has 0 spiro atoms. The first-order valence-corrected chi connectivity index (χ1v) is 4.74. The van der Waals surface area contributed by atoms with E-state index in [2.05, 4.69) is 4.98 Å². The second kappa shape index (κ2) is 4.63. The summed E-state index contributed by atoms with van der Waals surface area (Å²) in [5.41, 5.74) is -0.211. The Kier molecular flexibility index (Phi) is 3.73. The van der Waals surface area contributed by atoms with Crippen LogP contribution < -0.4 is 0 Å². The van der Waals surface area contributed by atoms with E-state index in [4.69, 9.17) is 5.11 Å². The fraction of sp³-hybridized carbons (Fsp3) is 0.250. The van der Waals surface area contributed by atoms with Crippen molar-refractivity contribution in [3.63, 3.8) is 0 Å². The fourth-order valence-electron chi connectivity index (χ4n) is 0.890. The molecule has 76 valence electrons.